The Kier molecular flexibility index (Phi) is 4.46. The zero-order valence-corrected chi connectivity index (χ0v) is 10.5. The van der Waals surface area contributed by atoms with Crippen LogP contribution in [-0.4, -0.2) is 11.4 Å². The van der Waals surface area contributed by atoms with Gasteiger partial charge in [-0.2, -0.15) is 0 Å². The van der Waals surface area contributed by atoms with Crippen LogP contribution < -0.4 is 4.74 Å². The molecule has 0 heterocycles. The fourth-order valence-electron chi connectivity index (χ4n) is 1.20. The smallest absolute Gasteiger partial charge is 0.119 e. The van der Waals surface area contributed by atoms with Gasteiger partial charge in [-0.15, -0.1) is 0 Å². The molecule has 0 saturated heterocycles. The van der Waals surface area contributed by atoms with Crippen molar-refractivity contribution in [1.82, 2.24) is 0 Å². The van der Waals surface area contributed by atoms with E-state index in [-0.39, 0.29) is 6.10 Å². The zero-order chi connectivity index (χ0) is 10.6. The predicted octanol–water partition coefficient (Wildman–Crippen LogP) is 3.97. The summed E-state index contributed by atoms with van der Waals surface area (Å²) in [5.41, 5.74) is 1.35. The molecule has 0 saturated carbocycles. The van der Waals surface area contributed by atoms with Gasteiger partial charge in [0.15, 0.2) is 0 Å². The van der Waals surface area contributed by atoms with Gasteiger partial charge in [-0.1, -0.05) is 41.9 Å². The average molecular weight is 257 g/mol. The van der Waals surface area contributed by atoms with Gasteiger partial charge in [0.05, 0.1) is 0 Å². The first-order chi connectivity index (χ1) is 6.63. The number of halogens is 1. The second-order valence-corrected chi connectivity index (χ2v) is 4.45. The second-order valence-electron chi connectivity index (χ2n) is 3.81. The van der Waals surface area contributed by atoms with Crippen molar-refractivity contribution >= 4 is 15.9 Å². The minimum Gasteiger partial charge on any atom is -0.490 e. The van der Waals surface area contributed by atoms with Crippen molar-refractivity contribution < 1.29 is 4.74 Å². The Labute approximate surface area is 94.6 Å². The third kappa shape index (κ3) is 3.33. The molecule has 0 fully saturated rings. The van der Waals surface area contributed by atoms with E-state index in [1.165, 1.54) is 5.56 Å². The van der Waals surface area contributed by atoms with Gasteiger partial charge in [-0.3, -0.25) is 0 Å². The summed E-state index contributed by atoms with van der Waals surface area (Å²) in [7, 11) is 0. The maximum absolute atomic E-state index is 5.65. The molecule has 0 radical (unpaired) electrons. The maximum atomic E-state index is 5.65. The highest BCUT2D eigenvalue weighted by molar-refractivity contribution is 9.09. The number of hydrogen-bond donors (Lipinski definition) is 0. The summed E-state index contributed by atoms with van der Waals surface area (Å²) in [6.45, 7) is 6.43. The summed E-state index contributed by atoms with van der Waals surface area (Å²) in [6, 6.07) is 8.32. The molecular weight excluding hydrogens is 240 g/mol. The van der Waals surface area contributed by atoms with Gasteiger partial charge in [-0.25, -0.2) is 0 Å². The van der Waals surface area contributed by atoms with Crippen molar-refractivity contribution in [2.75, 3.05) is 5.33 Å². The van der Waals surface area contributed by atoms with Gasteiger partial charge in [0.25, 0.3) is 0 Å². The normalized spacial score (nSPS) is 12.9. The lowest BCUT2D eigenvalue weighted by atomic mass is 10.0. The molecule has 0 aliphatic carbocycles. The molecule has 0 aromatic heterocycles. The maximum Gasteiger partial charge on any atom is 0.119 e. The summed E-state index contributed by atoms with van der Waals surface area (Å²) in [5, 5.41) is 0.860. The molecule has 0 N–H and O–H groups in total. The van der Waals surface area contributed by atoms with Crippen LogP contribution in [0.3, 0.4) is 0 Å². The van der Waals surface area contributed by atoms with Crippen LogP contribution in [0.1, 0.15) is 32.3 Å². The van der Waals surface area contributed by atoms with Crippen molar-refractivity contribution in [2.24, 2.45) is 0 Å². The van der Waals surface area contributed by atoms with E-state index in [0.717, 1.165) is 11.1 Å². The van der Waals surface area contributed by atoms with Crippen LogP contribution in [0.15, 0.2) is 24.3 Å². The van der Waals surface area contributed by atoms with Gasteiger partial charge in [0.2, 0.25) is 0 Å². The average Bonchev–Trinajstić information content (AvgIpc) is 2.18. The van der Waals surface area contributed by atoms with Crippen LogP contribution in [0, 0.1) is 0 Å². The van der Waals surface area contributed by atoms with Gasteiger partial charge in [0.1, 0.15) is 11.9 Å². The SMILES string of the molecule is CC(CBr)Oc1ccc(C(C)C)cc1. The number of alkyl halides is 1. The van der Waals surface area contributed by atoms with Crippen molar-refractivity contribution in [3.63, 3.8) is 0 Å². The number of ether oxygens (including phenoxy) is 1. The Bertz CT molecular complexity index is 266. The Balaban J connectivity index is 2.64. The Morgan fingerprint density at radius 1 is 1.14 bits per heavy atom. The summed E-state index contributed by atoms with van der Waals surface area (Å²) in [5.74, 6) is 1.53. The molecule has 1 rings (SSSR count). The summed E-state index contributed by atoms with van der Waals surface area (Å²) >= 11 is 3.38. The van der Waals surface area contributed by atoms with E-state index in [1.54, 1.807) is 0 Å². The van der Waals surface area contributed by atoms with Crippen LogP contribution >= 0.6 is 15.9 Å². The van der Waals surface area contributed by atoms with Crippen LogP contribution in [0.2, 0.25) is 0 Å². The molecule has 0 spiro atoms. The molecule has 2 heteroatoms. The second kappa shape index (κ2) is 5.40. The summed E-state index contributed by atoms with van der Waals surface area (Å²) < 4.78 is 5.65. The molecule has 1 aromatic rings. The minimum atomic E-state index is 0.222. The summed E-state index contributed by atoms with van der Waals surface area (Å²) in [4.78, 5) is 0. The van der Waals surface area contributed by atoms with E-state index < -0.39 is 0 Å². The molecule has 78 valence electrons. The van der Waals surface area contributed by atoms with Crippen LogP contribution in [0.5, 0.6) is 5.75 Å². The first-order valence-corrected chi connectivity index (χ1v) is 6.08. The van der Waals surface area contributed by atoms with E-state index in [4.69, 9.17) is 4.74 Å². The number of benzene rings is 1. The fourth-order valence-corrected chi connectivity index (χ4v) is 1.33. The van der Waals surface area contributed by atoms with Gasteiger partial charge >= 0.3 is 0 Å². The standard InChI is InChI=1S/C12H17BrO/c1-9(2)11-4-6-12(7-5-11)14-10(3)8-13/h4-7,9-10H,8H2,1-3H3. The van der Waals surface area contributed by atoms with Gasteiger partial charge < -0.3 is 4.74 Å². The molecule has 1 unspecified atom stereocenters. The van der Waals surface area contributed by atoms with Crippen molar-refractivity contribution in [2.45, 2.75) is 32.8 Å². The lowest BCUT2D eigenvalue weighted by Crippen LogP contribution is -2.12. The molecule has 0 bridgehead atoms. The summed E-state index contributed by atoms with van der Waals surface area (Å²) in [6.07, 6.45) is 0.222. The fraction of sp³-hybridized carbons (Fsp3) is 0.500. The van der Waals surface area contributed by atoms with Gasteiger partial charge in [0, 0.05) is 5.33 Å². The molecule has 1 aromatic carbocycles. The first-order valence-electron chi connectivity index (χ1n) is 4.96. The highest BCUT2D eigenvalue weighted by Gasteiger charge is 2.02. The highest BCUT2D eigenvalue weighted by Crippen LogP contribution is 2.19. The zero-order valence-electron chi connectivity index (χ0n) is 8.96. The predicted molar refractivity (Wildman–Crippen MR) is 64.4 cm³/mol. The molecule has 0 aliphatic heterocycles. The lowest BCUT2D eigenvalue weighted by molar-refractivity contribution is 0.248. The Morgan fingerprint density at radius 2 is 1.71 bits per heavy atom. The molecular formula is C12H17BrO. The van der Waals surface area contributed by atoms with Crippen LogP contribution in [0.25, 0.3) is 0 Å². The van der Waals surface area contributed by atoms with E-state index in [9.17, 15) is 0 Å². The van der Waals surface area contributed by atoms with E-state index in [0.29, 0.717) is 5.92 Å². The number of hydrogen-bond acceptors (Lipinski definition) is 1. The first kappa shape index (κ1) is 11.6. The Morgan fingerprint density at radius 3 is 2.14 bits per heavy atom. The van der Waals surface area contributed by atoms with E-state index >= 15 is 0 Å². The van der Waals surface area contributed by atoms with Gasteiger partial charge in [-0.05, 0) is 30.5 Å². The van der Waals surface area contributed by atoms with Crippen LogP contribution in [-0.2, 0) is 0 Å². The quantitative estimate of drug-likeness (QED) is 0.741. The van der Waals surface area contributed by atoms with Crippen molar-refractivity contribution in [1.29, 1.82) is 0 Å². The molecule has 1 nitrogen and oxygen atoms in total. The number of rotatable bonds is 4. The Hall–Kier alpha value is -0.500. The van der Waals surface area contributed by atoms with E-state index in [1.807, 2.05) is 19.1 Å². The largest absolute Gasteiger partial charge is 0.490 e. The third-order valence-electron chi connectivity index (χ3n) is 2.10. The topological polar surface area (TPSA) is 9.23 Å². The molecule has 0 amide bonds. The lowest BCUT2D eigenvalue weighted by Gasteiger charge is -2.12. The monoisotopic (exact) mass is 256 g/mol. The van der Waals surface area contributed by atoms with Crippen molar-refractivity contribution in [3.05, 3.63) is 29.8 Å². The van der Waals surface area contributed by atoms with E-state index in [2.05, 4.69) is 41.9 Å². The molecule has 1 atom stereocenters. The third-order valence-corrected chi connectivity index (χ3v) is 3.01. The highest BCUT2D eigenvalue weighted by atomic mass is 79.9. The minimum absolute atomic E-state index is 0.222. The van der Waals surface area contributed by atoms with Crippen molar-refractivity contribution in [3.8, 4) is 5.75 Å². The molecule has 0 aliphatic rings. The molecule has 14 heavy (non-hydrogen) atoms. The van der Waals surface area contributed by atoms with Crippen LogP contribution in [0.4, 0.5) is 0 Å².